The zero-order chi connectivity index (χ0) is 18.0. The number of hydrogen-bond donors (Lipinski definition) is 1. The zero-order valence-corrected chi connectivity index (χ0v) is 15.7. The van der Waals surface area contributed by atoms with Gasteiger partial charge in [0.15, 0.2) is 0 Å². The van der Waals surface area contributed by atoms with Crippen molar-refractivity contribution in [3.8, 4) is 0 Å². The molecule has 1 unspecified atom stereocenters. The summed E-state index contributed by atoms with van der Waals surface area (Å²) in [5.74, 6) is 1.02. The number of benzene rings is 1. The van der Waals surface area contributed by atoms with Gasteiger partial charge in [-0.25, -0.2) is 17.7 Å². The van der Waals surface area contributed by atoms with Crippen molar-refractivity contribution in [1.29, 1.82) is 0 Å². The molecule has 1 aliphatic heterocycles. The molecule has 1 fully saturated rings. The van der Waals surface area contributed by atoms with E-state index >= 15 is 0 Å². The first-order valence-corrected chi connectivity index (χ1v) is 9.77. The summed E-state index contributed by atoms with van der Waals surface area (Å²) in [5, 5.41) is 3.42. The average molecular weight is 363 g/mol. The maximum atomic E-state index is 12.4. The van der Waals surface area contributed by atoms with E-state index in [1.54, 1.807) is 26.2 Å². The second-order valence-electron chi connectivity index (χ2n) is 6.52. The molecule has 0 bridgehead atoms. The first-order chi connectivity index (χ1) is 11.9. The van der Waals surface area contributed by atoms with Crippen molar-refractivity contribution < 1.29 is 8.42 Å². The van der Waals surface area contributed by atoms with Gasteiger partial charge >= 0.3 is 0 Å². The third-order valence-electron chi connectivity index (χ3n) is 4.57. The number of sulfonamides is 1. The van der Waals surface area contributed by atoms with E-state index in [0.29, 0.717) is 11.4 Å². The maximum Gasteiger partial charge on any atom is 0.242 e. The molecule has 0 amide bonds. The fourth-order valence-electron chi connectivity index (χ4n) is 3.14. The number of aryl methyl sites for hydroxylation is 1. The van der Waals surface area contributed by atoms with Crippen LogP contribution in [-0.2, 0) is 23.6 Å². The number of nitrogens with one attached hydrogen (secondary N) is 1. The fraction of sp³-hybridized carbons (Fsp3) is 0.471. The molecule has 1 atom stereocenters. The van der Waals surface area contributed by atoms with Crippen LogP contribution in [0.4, 0.5) is 0 Å². The normalized spacial score (nSPS) is 19.4. The SMILES string of the molecule is CN(C)S(=O)(=O)c1cccc(CN2CCNCC2c2nccn2C)c1. The first-order valence-electron chi connectivity index (χ1n) is 8.33. The number of hydrogen-bond acceptors (Lipinski definition) is 5. The van der Waals surface area contributed by atoms with E-state index in [1.807, 2.05) is 36.1 Å². The summed E-state index contributed by atoms with van der Waals surface area (Å²) in [4.78, 5) is 7.17. The molecule has 2 aromatic rings. The van der Waals surface area contributed by atoms with E-state index in [-0.39, 0.29) is 6.04 Å². The topological polar surface area (TPSA) is 70.5 Å². The summed E-state index contributed by atoms with van der Waals surface area (Å²) in [6.07, 6.45) is 3.76. The van der Waals surface area contributed by atoms with Crippen molar-refractivity contribution in [2.24, 2.45) is 7.05 Å². The van der Waals surface area contributed by atoms with Gasteiger partial charge in [0.2, 0.25) is 10.0 Å². The van der Waals surface area contributed by atoms with Crippen molar-refractivity contribution in [3.63, 3.8) is 0 Å². The van der Waals surface area contributed by atoms with Crippen LogP contribution in [0.15, 0.2) is 41.6 Å². The van der Waals surface area contributed by atoms with Crippen LogP contribution in [0.3, 0.4) is 0 Å². The second-order valence-corrected chi connectivity index (χ2v) is 8.67. The van der Waals surface area contributed by atoms with Gasteiger partial charge in [-0.2, -0.15) is 0 Å². The highest BCUT2D eigenvalue weighted by Gasteiger charge is 2.27. The maximum absolute atomic E-state index is 12.4. The van der Waals surface area contributed by atoms with Crippen LogP contribution >= 0.6 is 0 Å². The largest absolute Gasteiger partial charge is 0.337 e. The second kappa shape index (κ2) is 7.25. The Morgan fingerprint density at radius 2 is 2.16 bits per heavy atom. The molecular weight excluding hydrogens is 338 g/mol. The van der Waals surface area contributed by atoms with Gasteiger partial charge in [0.1, 0.15) is 5.82 Å². The van der Waals surface area contributed by atoms with E-state index in [0.717, 1.165) is 31.0 Å². The van der Waals surface area contributed by atoms with Gasteiger partial charge in [-0.05, 0) is 17.7 Å². The summed E-state index contributed by atoms with van der Waals surface area (Å²) in [6.45, 7) is 3.33. The van der Waals surface area contributed by atoms with Crippen LogP contribution < -0.4 is 5.32 Å². The van der Waals surface area contributed by atoms with Crippen LogP contribution in [0.2, 0.25) is 0 Å². The highest BCUT2D eigenvalue weighted by molar-refractivity contribution is 7.89. The monoisotopic (exact) mass is 363 g/mol. The standard InChI is InChI=1S/C17H25N5O2S/c1-20(2)25(23,24)15-6-4-5-14(11-15)13-22-10-7-18-12-16(22)17-19-8-9-21(17)3/h4-6,8-9,11,16,18H,7,10,12-13H2,1-3H3. The number of aromatic nitrogens is 2. The van der Waals surface area contributed by atoms with Crippen LogP contribution in [-0.4, -0.2) is 60.9 Å². The summed E-state index contributed by atoms with van der Waals surface area (Å²) < 4.78 is 28.0. The first kappa shape index (κ1) is 18.1. The summed E-state index contributed by atoms with van der Waals surface area (Å²) in [5.41, 5.74) is 0.990. The van der Waals surface area contributed by atoms with Crippen molar-refractivity contribution >= 4 is 10.0 Å². The molecule has 25 heavy (non-hydrogen) atoms. The molecule has 0 aliphatic carbocycles. The zero-order valence-electron chi connectivity index (χ0n) is 14.9. The molecule has 8 heteroatoms. The molecule has 1 aliphatic rings. The summed E-state index contributed by atoms with van der Waals surface area (Å²) in [7, 11) is 1.68. The molecule has 2 heterocycles. The minimum Gasteiger partial charge on any atom is -0.337 e. The van der Waals surface area contributed by atoms with Crippen LogP contribution in [0.25, 0.3) is 0 Å². The molecule has 1 N–H and O–H groups in total. The minimum atomic E-state index is -3.42. The van der Waals surface area contributed by atoms with Crippen molar-refractivity contribution in [2.75, 3.05) is 33.7 Å². The minimum absolute atomic E-state index is 0.169. The van der Waals surface area contributed by atoms with E-state index < -0.39 is 10.0 Å². The fourth-order valence-corrected chi connectivity index (χ4v) is 4.11. The van der Waals surface area contributed by atoms with Gasteiger partial charge in [0, 0.05) is 59.7 Å². The third-order valence-corrected chi connectivity index (χ3v) is 6.38. The highest BCUT2D eigenvalue weighted by Crippen LogP contribution is 2.24. The molecular formula is C17H25N5O2S. The Morgan fingerprint density at radius 3 is 2.84 bits per heavy atom. The van der Waals surface area contributed by atoms with Gasteiger partial charge in [0.05, 0.1) is 10.9 Å². The lowest BCUT2D eigenvalue weighted by Crippen LogP contribution is -2.46. The molecule has 3 rings (SSSR count). The smallest absolute Gasteiger partial charge is 0.242 e. The quantitative estimate of drug-likeness (QED) is 0.852. The predicted octanol–water partition coefficient (Wildman–Crippen LogP) is 0.817. The molecule has 1 saturated heterocycles. The number of rotatable bonds is 5. The number of nitrogens with zero attached hydrogens (tertiary/aromatic N) is 4. The van der Waals surface area contributed by atoms with E-state index in [4.69, 9.17) is 0 Å². The Balaban J connectivity index is 1.84. The molecule has 0 saturated carbocycles. The lowest BCUT2D eigenvalue weighted by molar-refractivity contribution is 0.144. The molecule has 0 radical (unpaired) electrons. The number of piperazine rings is 1. The predicted molar refractivity (Wildman–Crippen MR) is 96.5 cm³/mol. The van der Waals surface area contributed by atoms with Crippen LogP contribution in [0, 0.1) is 0 Å². The molecule has 0 spiro atoms. The Kier molecular flexibility index (Phi) is 5.24. The number of imidazole rings is 1. The summed E-state index contributed by atoms with van der Waals surface area (Å²) >= 11 is 0. The Morgan fingerprint density at radius 1 is 1.36 bits per heavy atom. The van der Waals surface area contributed by atoms with E-state index in [9.17, 15) is 8.42 Å². The van der Waals surface area contributed by atoms with E-state index in [2.05, 4.69) is 15.2 Å². The van der Waals surface area contributed by atoms with Crippen molar-refractivity contribution in [1.82, 2.24) is 24.1 Å². The lowest BCUT2D eigenvalue weighted by atomic mass is 10.1. The summed E-state index contributed by atoms with van der Waals surface area (Å²) in [6, 6.07) is 7.37. The molecule has 1 aromatic carbocycles. The van der Waals surface area contributed by atoms with Crippen LogP contribution in [0.5, 0.6) is 0 Å². The Labute approximate surface area is 149 Å². The Hall–Kier alpha value is -1.74. The van der Waals surface area contributed by atoms with Crippen molar-refractivity contribution in [2.45, 2.75) is 17.5 Å². The van der Waals surface area contributed by atoms with Crippen LogP contribution in [0.1, 0.15) is 17.4 Å². The third kappa shape index (κ3) is 3.77. The average Bonchev–Trinajstić information content (AvgIpc) is 3.01. The molecule has 136 valence electrons. The highest BCUT2D eigenvalue weighted by atomic mass is 32.2. The van der Waals surface area contributed by atoms with Gasteiger partial charge in [-0.1, -0.05) is 12.1 Å². The van der Waals surface area contributed by atoms with Gasteiger partial charge in [0.25, 0.3) is 0 Å². The van der Waals surface area contributed by atoms with Gasteiger partial charge in [-0.3, -0.25) is 4.90 Å². The Bertz CT molecular complexity index is 831. The molecule has 1 aromatic heterocycles. The van der Waals surface area contributed by atoms with Gasteiger partial charge in [-0.15, -0.1) is 0 Å². The van der Waals surface area contributed by atoms with E-state index in [1.165, 1.54) is 4.31 Å². The molecule has 7 nitrogen and oxygen atoms in total. The van der Waals surface area contributed by atoms with Gasteiger partial charge < -0.3 is 9.88 Å². The lowest BCUT2D eigenvalue weighted by Gasteiger charge is -2.35. The van der Waals surface area contributed by atoms with Crippen molar-refractivity contribution in [3.05, 3.63) is 48.0 Å².